The van der Waals surface area contributed by atoms with Crippen molar-refractivity contribution in [3.8, 4) is 5.75 Å². The van der Waals surface area contributed by atoms with Crippen molar-refractivity contribution in [3.63, 3.8) is 0 Å². The average molecular weight is 269 g/mol. The fraction of sp³-hybridized carbons (Fsp3) is 0.444. The Bertz CT molecular complexity index is 596. The number of fused-ring (bicyclic) bond motifs is 1. The van der Waals surface area contributed by atoms with Crippen LogP contribution in [0.3, 0.4) is 0 Å². The molecule has 0 radical (unpaired) electrons. The first kappa shape index (κ1) is 13.4. The Hall–Kier alpha value is -1.54. The molecule has 0 heterocycles. The highest BCUT2D eigenvalue weighted by Crippen LogP contribution is 2.36. The molecule has 3 rings (SSSR count). The SMILES string of the molecule is CCC1(NCc2c(OC)ccc3ccccc23)CCC1. The molecule has 0 amide bonds. The van der Waals surface area contributed by atoms with Gasteiger partial charge in [0.25, 0.3) is 0 Å². The Morgan fingerprint density at radius 3 is 2.60 bits per heavy atom. The summed E-state index contributed by atoms with van der Waals surface area (Å²) in [7, 11) is 1.76. The Balaban J connectivity index is 1.92. The van der Waals surface area contributed by atoms with Crippen LogP contribution in [-0.4, -0.2) is 12.6 Å². The van der Waals surface area contributed by atoms with E-state index in [2.05, 4.69) is 48.6 Å². The number of nitrogens with one attached hydrogen (secondary N) is 1. The zero-order chi connectivity index (χ0) is 14.0. The highest BCUT2D eigenvalue weighted by atomic mass is 16.5. The molecule has 1 aliphatic carbocycles. The third-order valence-corrected chi connectivity index (χ3v) is 4.85. The van der Waals surface area contributed by atoms with Crippen LogP contribution in [0.25, 0.3) is 10.8 Å². The number of ether oxygens (including phenoxy) is 1. The van der Waals surface area contributed by atoms with Gasteiger partial charge >= 0.3 is 0 Å². The van der Waals surface area contributed by atoms with Crippen molar-refractivity contribution < 1.29 is 4.74 Å². The minimum absolute atomic E-state index is 0.363. The van der Waals surface area contributed by atoms with Gasteiger partial charge in [-0.2, -0.15) is 0 Å². The number of rotatable bonds is 5. The predicted octanol–water partition coefficient (Wildman–Crippen LogP) is 4.27. The van der Waals surface area contributed by atoms with Crippen molar-refractivity contribution in [3.05, 3.63) is 42.0 Å². The molecule has 0 atom stereocenters. The maximum absolute atomic E-state index is 5.56. The van der Waals surface area contributed by atoms with Crippen molar-refractivity contribution >= 4 is 10.8 Å². The fourth-order valence-electron chi connectivity index (χ4n) is 3.22. The predicted molar refractivity (Wildman–Crippen MR) is 84.2 cm³/mol. The number of hydrogen-bond acceptors (Lipinski definition) is 2. The van der Waals surface area contributed by atoms with Gasteiger partial charge in [-0.3, -0.25) is 0 Å². The van der Waals surface area contributed by atoms with E-state index in [4.69, 9.17) is 4.74 Å². The van der Waals surface area contributed by atoms with Gasteiger partial charge in [0, 0.05) is 17.6 Å². The Morgan fingerprint density at radius 2 is 1.95 bits per heavy atom. The highest BCUT2D eigenvalue weighted by molar-refractivity contribution is 5.87. The van der Waals surface area contributed by atoms with Crippen molar-refractivity contribution in [2.75, 3.05) is 7.11 Å². The second-order valence-corrected chi connectivity index (χ2v) is 5.81. The zero-order valence-corrected chi connectivity index (χ0v) is 12.4. The zero-order valence-electron chi connectivity index (χ0n) is 12.4. The van der Waals surface area contributed by atoms with Crippen LogP contribution in [0.2, 0.25) is 0 Å². The molecule has 0 saturated heterocycles. The Morgan fingerprint density at radius 1 is 1.15 bits per heavy atom. The van der Waals surface area contributed by atoms with Crippen molar-refractivity contribution in [1.82, 2.24) is 5.32 Å². The van der Waals surface area contributed by atoms with E-state index in [0.717, 1.165) is 12.3 Å². The van der Waals surface area contributed by atoms with E-state index in [-0.39, 0.29) is 0 Å². The molecule has 106 valence electrons. The Labute approximate surface area is 121 Å². The molecule has 0 aliphatic heterocycles. The van der Waals surface area contributed by atoms with Crippen LogP contribution in [0.5, 0.6) is 5.75 Å². The second-order valence-electron chi connectivity index (χ2n) is 5.81. The van der Waals surface area contributed by atoms with Crippen molar-refractivity contribution in [1.29, 1.82) is 0 Å². The summed E-state index contributed by atoms with van der Waals surface area (Å²) in [5, 5.41) is 6.36. The van der Waals surface area contributed by atoms with E-state index in [0.29, 0.717) is 5.54 Å². The molecule has 0 bridgehead atoms. The summed E-state index contributed by atoms with van der Waals surface area (Å²) in [4.78, 5) is 0. The maximum atomic E-state index is 5.56. The van der Waals surface area contributed by atoms with Crippen molar-refractivity contribution in [2.24, 2.45) is 0 Å². The summed E-state index contributed by atoms with van der Waals surface area (Å²) in [5.74, 6) is 0.988. The summed E-state index contributed by atoms with van der Waals surface area (Å²) in [6.07, 6.45) is 5.17. The lowest BCUT2D eigenvalue weighted by molar-refractivity contribution is 0.175. The minimum atomic E-state index is 0.363. The lowest BCUT2D eigenvalue weighted by Gasteiger charge is -2.42. The normalized spacial score (nSPS) is 16.9. The molecule has 0 spiro atoms. The first-order valence-corrected chi connectivity index (χ1v) is 7.58. The molecule has 1 N–H and O–H groups in total. The van der Waals surface area contributed by atoms with Gasteiger partial charge in [0.05, 0.1) is 7.11 Å². The highest BCUT2D eigenvalue weighted by Gasteiger charge is 2.34. The van der Waals surface area contributed by atoms with Crippen LogP contribution in [0, 0.1) is 0 Å². The van der Waals surface area contributed by atoms with Crippen LogP contribution < -0.4 is 10.1 Å². The van der Waals surface area contributed by atoms with Crippen LogP contribution in [0.4, 0.5) is 0 Å². The molecule has 2 aromatic carbocycles. The van der Waals surface area contributed by atoms with E-state index >= 15 is 0 Å². The van der Waals surface area contributed by atoms with Gasteiger partial charge in [-0.15, -0.1) is 0 Å². The first-order valence-electron chi connectivity index (χ1n) is 7.58. The average Bonchev–Trinajstić information content (AvgIpc) is 2.46. The third-order valence-electron chi connectivity index (χ3n) is 4.85. The van der Waals surface area contributed by atoms with Crippen LogP contribution in [-0.2, 0) is 6.54 Å². The molecule has 0 unspecified atom stereocenters. The molecule has 2 aromatic rings. The number of hydrogen-bond donors (Lipinski definition) is 1. The van der Waals surface area contributed by atoms with Gasteiger partial charge in [0.1, 0.15) is 5.75 Å². The van der Waals surface area contributed by atoms with Crippen LogP contribution in [0.15, 0.2) is 36.4 Å². The fourth-order valence-corrected chi connectivity index (χ4v) is 3.22. The molecule has 0 aromatic heterocycles. The molecule has 1 aliphatic rings. The lowest BCUT2D eigenvalue weighted by atomic mass is 9.74. The summed E-state index contributed by atoms with van der Waals surface area (Å²) < 4.78 is 5.56. The Kier molecular flexibility index (Phi) is 3.66. The molecule has 2 heteroatoms. The molecule has 1 saturated carbocycles. The van der Waals surface area contributed by atoms with Gasteiger partial charge in [0.2, 0.25) is 0 Å². The summed E-state index contributed by atoms with van der Waals surface area (Å²) in [5.41, 5.74) is 1.65. The number of methoxy groups -OCH3 is 1. The van der Waals surface area contributed by atoms with Crippen LogP contribution >= 0.6 is 0 Å². The van der Waals surface area contributed by atoms with E-state index in [1.165, 1.54) is 42.0 Å². The second kappa shape index (κ2) is 5.45. The first-order chi connectivity index (χ1) is 9.78. The molecule has 2 nitrogen and oxygen atoms in total. The summed E-state index contributed by atoms with van der Waals surface area (Å²) in [6, 6.07) is 12.8. The molecular weight excluding hydrogens is 246 g/mol. The standard InChI is InChI=1S/C18H23NO/c1-3-18(11-6-12-18)19-13-16-15-8-5-4-7-14(15)9-10-17(16)20-2/h4-5,7-10,19H,3,6,11-13H2,1-2H3. The van der Waals surface area contributed by atoms with Gasteiger partial charge < -0.3 is 10.1 Å². The van der Waals surface area contributed by atoms with Gasteiger partial charge in [-0.25, -0.2) is 0 Å². The topological polar surface area (TPSA) is 21.3 Å². The van der Waals surface area contributed by atoms with Crippen LogP contribution in [0.1, 0.15) is 38.2 Å². The quantitative estimate of drug-likeness (QED) is 0.875. The summed E-state index contributed by atoms with van der Waals surface area (Å²) >= 11 is 0. The molecular formula is C18H23NO. The monoisotopic (exact) mass is 269 g/mol. The molecule has 1 fully saturated rings. The van der Waals surface area contributed by atoms with Crippen molar-refractivity contribution in [2.45, 2.75) is 44.7 Å². The number of benzene rings is 2. The van der Waals surface area contributed by atoms with Gasteiger partial charge in [-0.1, -0.05) is 37.3 Å². The van der Waals surface area contributed by atoms with Gasteiger partial charge in [-0.05, 0) is 42.5 Å². The van der Waals surface area contributed by atoms with E-state index < -0.39 is 0 Å². The third kappa shape index (κ3) is 2.29. The summed E-state index contributed by atoms with van der Waals surface area (Å²) in [6.45, 7) is 3.17. The van der Waals surface area contributed by atoms with E-state index in [9.17, 15) is 0 Å². The smallest absolute Gasteiger partial charge is 0.123 e. The maximum Gasteiger partial charge on any atom is 0.123 e. The lowest BCUT2D eigenvalue weighted by Crippen LogP contribution is -2.49. The van der Waals surface area contributed by atoms with E-state index in [1.54, 1.807) is 7.11 Å². The van der Waals surface area contributed by atoms with E-state index in [1.807, 2.05) is 0 Å². The minimum Gasteiger partial charge on any atom is -0.496 e. The molecule has 20 heavy (non-hydrogen) atoms. The van der Waals surface area contributed by atoms with Gasteiger partial charge in [0.15, 0.2) is 0 Å². The largest absolute Gasteiger partial charge is 0.496 e.